The van der Waals surface area contributed by atoms with Gasteiger partial charge in [-0.05, 0) is 30.5 Å². The zero-order valence-corrected chi connectivity index (χ0v) is 10.2. The number of rotatable bonds is 4. The molecule has 0 spiro atoms. The molecule has 0 saturated heterocycles. The van der Waals surface area contributed by atoms with Gasteiger partial charge in [0.2, 0.25) is 0 Å². The lowest BCUT2D eigenvalue weighted by molar-refractivity contribution is 0.483. The van der Waals surface area contributed by atoms with Crippen LogP contribution in [0.2, 0.25) is 0 Å². The average molecular weight is 241 g/mol. The third-order valence-corrected chi connectivity index (χ3v) is 2.95. The fraction of sp³-hybridized carbons (Fsp3) is 0.364. The first kappa shape index (κ1) is 12.9. The van der Waals surface area contributed by atoms with E-state index in [1.165, 1.54) is 11.1 Å². The molecular formula is C11H15NO3S. The molecule has 0 aromatic heterocycles. The molecule has 0 bridgehead atoms. The van der Waals surface area contributed by atoms with Gasteiger partial charge in [0.15, 0.2) is 0 Å². The fourth-order valence-corrected chi connectivity index (χ4v) is 1.52. The van der Waals surface area contributed by atoms with Crippen LogP contribution in [0.5, 0.6) is 0 Å². The molecule has 0 aliphatic rings. The van der Waals surface area contributed by atoms with E-state index in [0.717, 1.165) is 5.56 Å². The van der Waals surface area contributed by atoms with Crippen LogP contribution in [0, 0.1) is 13.8 Å². The molecule has 5 heteroatoms. The molecule has 16 heavy (non-hydrogen) atoms. The highest BCUT2D eigenvalue weighted by Crippen LogP contribution is 2.07. The second kappa shape index (κ2) is 5.23. The summed E-state index contributed by atoms with van der Waals surface area (Å²) in [5.41, 5.74) is 3.30. The van der Waals surface area contributed by atoms with Crippen LogP contribution in [0.3, 0.4) is 0 Å². The predicted molar refractivity (Wildman–Crippen MR) is 64.8 cm³/mol. The molecule has 0 fully saturated rings. The summed E-state index contributed by atoms with van der Waals surface area (Å²) in [5.74, 6) is -0.339. The summed E-state index contributed by atoms with van der Waals surface area (Å²) in [6.45, 7) is 4.10. The molecule has 0 amide bonds. The third-order valence-electron chi connectivity index (χ3n) is 2.25. The van der Waals surface area contributed by atoms with Crippen LogP contribution in [0.1, 0.15) is 16.7 Å². The molecular weight excluding hydrogens is 226 g/mol. The average Bonchev–Trinajstić information content (AvgIpc) is 2.17. The maximum atomic E-state index is 10.4. The van der Waals surface area contributed by atoms with Crippen molar-refractivity contribution in [2.45, 2.75) is 13.8 Å². The first-order valence-corrected chi connectivity index (χ1v) is 6.51. The van der Waals surface area contributed by atoms with Crippen molar-refractivity contribution < 1.29 is 13.0 Å². The molecule has 0 radical (unpaired) electrons. The molecule has 1 N–H and O–H groups in total. The Hall–Kier alpha value is -1.20. The second-order valence-corrected chi connectivity index (χ2v) is 5.24. The van der Waals surface area contributed by atoms with Gasteiger partial charge in [0, 0.05) is 6.21 Å². The molecule has 4 nitrogen and oxygen atoms in total. The Bertz CT molecular complexity index is 492. The van der Waals surface area contributed by atoms with Gasteiger partial charge in [-0.3, -0.25) is 9.55 Å². The van der Waals surface area contributed by atoms with Gasteiger partial charge in [0.25, 0.3) is 10.1 Å². The number of aliphatic imine (C=N–C) groups is 1. The third kappa shape index (κ3) is 4.55. The Balaban J connectivity index is 2.60. The first-order valence-electron chi connectivity index (χ1n) is 4.91. The highest BCUT2D eigenvalue weighted by atomic mass is 32.2. The van der Waals surface area contributed by atoms with E-state index in [-0.39, 0.29) is 12.3 Å². The zero-order valence-electron chi connectivity index (χ0n) is 9.34. The SMILES string of the molecule is Cc1ccc(C=NCCS(=O)(=O)O)cc1C. The van der Waals surface area contributed by atoms with Gasteiger partial charge < -0.3 is 0 Å². The van der Waals surface area contributed by atoms with E-state index >= 15 is 0 Å². The molecule has 88 valence electrons. The van der Waals surface area contributed by atoms with Crippen LogP contribution in [-0.2, 0) is 10.1 Å². The monoisotopic (exact) mass is 241 g/mol. The van der Waals surface area contributed by atoms with Crippen molar-refractivity contribution in [3.05, 3.63) is 34.9 Å². The number of benzene rings is 1. The number of hydrogen-bond donors (Lipinski definition) is 1. The molecule has 1 aromatic carbocycles. The van der Waals surface area contributed by atoms with E-state index in [9.17, 15) is 8.42 Å². The smallest absolute Gasteiger partial charge is 0.266 e. The van der Waals surface area contributed by atoms with E-state index in [0.29, 0.717) is 0 Å². The largest absolute Gasteiger partial charge is 0.291 e. The topological polar surface area (TPSA) is 66.7 Å². The van der Waals surface area contributed by atoms with Crippen molar-refractivity contribution in [2.75, 3.05) is 12.3 Å². The molecule has 0 saturated carbocycles. The second-order valence-electron chi connectivity index (χ2n) is 3.67. The summed E-state index contributed by atoms with van der Waals surface area (Å²) in [4.78, 5) is 3.93. The van der Waals surface area contributed by atoms with Gasteiger partial charge >= 0.3 is 0 Å². The van der Waals surface area contributed by atoms with Crippen molar-refractivity contribution in [2.24, 2.45) is 4.99 Å². The van der Waals surface area contributed by atoms with Gasteiger partial charge in [0.05, 0.1) is 12.3 Å². The zero-order chi connectivity index (χ0) is 12.2. The molecule has 0 unspecified atom stereocenters. The van der Waals surface area contributed by atoms with Gasteiger partial charge in [-0.2, -0.15) is 8.42 Å². The summed E-state index contributed by atoms with van der Waals surface area (Å²) >= 11 is 0. The van der Waals surface area contributed by atoms with Crippen molar-refractivity contribution in [3.8, 4) is 0 Å². The summed E-state index contributed by atoms with van der Waals surface area (Å²) in [5, 5.41) is 0. The lowest BCUT2D eigenvalue weighted by Gasteiger charge is -2.00. The summed E-state index contributed by atoms with van der Waals surface area (Å²) in [6, 6.07) is 5.88. The normalized spacial score (nSPS) is 12.2. The van der Waals surface area contributed by atoms with Crippen LogP contribution in [0.15, 0.2) is 23.2 Å². The maximum Gasteiger partial charge on any atom is 0.266 e. The number of aryl methyl sites for hydroxylation is 2. The molecule has 0 atom stereocenters. The highest BCUT2D eigenvalue weighted by molar-refractivity contribution is 7.85. The van der Waals surface area contributed by atoms with Crippen LogP contribution in [0.4, 0.5) is 0 Å². The van der Waals surface area contributed by atoms with E-state index in [1.807, 2.05) is 32.0 Å². The molecule has 0 aliphatic carbocycles. The molecule has 0 heterocycles. The number of hydrogen-bond acceptors (Lipinski definition) is 3. The van der Waals surface area contributed by atoms with Gasteiger partial charge in [-0.25, -0.2) is 0 Å². The van der Waals surface area contributed by atoms with Crippen LogP contribution >= 0.6 is 0 Å². The minimum absolute atomic E-state index is 0.0752. The quantitative estimate of drug-likeness (QED) is 0.643. The van der Waals surface area contributed by atoms with E-state index in [1.54, 1.807) is 6.21 Å². The lowest BCUT2D eigenvalue weighted by atomic mass is 10.1. The first-order chi connectivity index (χ1) is 7.38. The summed E-state index contributed by atoms with van der Waals surface area (Å²) in [7, 11) is -3.91. The van der Waals surface area contributed by atoms with E-state index in [2.05, 4.69) is 4.99 Å². The Morgan fingerprint density at radius 3 is 2.56 bits per heavy atom. The predicted octanol–water partition coefficient (Wildman–Crippen LogP) is 1.61. The van der Waals surface area contributed by atoms with Crippen molar-refractivity contribution in [1.82, 2.24) is 0 Å². The minimum atomic E-state index is -3.91. The molecule has 1 rings (SSSR count). The Labute approximate surface area is 95.8 Å². The van der Waals surface area contributed by atoms with Gasteiger partial charge in [-0.1, -0.05) is 18.2 Å². The van der Waals surface area contributed by atoms with Crippen molar-refractivity contribution >= 4 is 16.3 Å². The standard InChI is InChI=1S/C11H15NO3S/c1-9-3-4-11(7-10(9)2)8-12-5-6-16(13,14)15/h3-4,7-8H,5-6H2,1-2H3,(H,13,14,15). The Morgan fingerprint density at radius 1 is 1.31 bits per heavy atom. The van der Waals surface area contributed by atoms with Crippen molar-refractivity contribution in [3.63, 3.8) is 0 Å². The van der Waals surface area contributed by atoms with E-state index in [4.69, 9.17) is 4.55 Å². The Kier molecular flexibility index (Phi) is 4.20. The lowest BCUT2D eigenvalue weighted by Crippen LogP contribution is -2.06. The van der Waals surface area contributed by atoms with Crippen LogP contribution < -0.4 is 0 Å². The highest BCUT2D eigenvalue weighted by Gasteiger charge is 2.01. The van der Waals surface area contributed by atoms with Crippen LogP contribution in [0.25, 0.3) is 0 Å². The van der Waals surface area contributed by atoms with E-state index < -0.39 is 10.1 Å². The summed E-state index contributed by atoms with van der Waals surface area (Å²) < 4.78 is 29.3. The fourth-order valence-electron chi connectivity index (χ4n) is 1.18. The van der Waals surface area contributed by atoms with Crippen LogP contribution in [-0.4, -0.2) is 31.5 Å². The van der Waals surface area contributed by atoms with Gasteiger partial charge in [0.1, 0.15) is 0 Å². The maximum absolute atomic E-state index is 10.4. The Morgan fingerprint density at radius 2 is 2.00 bits per heavy atom. The number of nitrogens with zero attached hydrogens (tertiary/aromatic N) is 1. The van der Waals surface area contributed by atoms with Crippen molar-refractivity contribution in [1.29, 1.82) is 0 Å². The molecule has 0 aliphatic heterocycles. The van der Waals surface area contributed by atoms with Gasteiger partial charge in [-0.15, -0.1) is 0 Å². The molecule has 1 aromatic rings. The minimum Gasteiger partial charge on any atom is -0.291 e. The summed E-state index contributed by atoms with van der Waals surface area (Å²) in [6.07, 6.45) is 1.61.